The summed E-state index contributed by atoms with van der Waals surface area (Å²) in [4.78, 5) is 2.13. The van der Waals surface area contributed by atoms with Crippen LogP contribution in [0.15, 0.2) is 24.3 Å². The van der Waals surface area contributed by atoms with Crippen LogP contribution in [0.25, 0.3) is 0 Å². The average molecular weight is 276 g/mol. The van der Waals surface area contributed by atoms with Gasteiger partial charge in [0.1, 0.15) is 12.4 Å². The van der Waals surface area contributed by atoms with Crippen LogP contribution in [0.1, 0.15) is 32.6 Å². The standard InChI is InChI=1S/C17H28N2O/c1-14-7-4-5-10-17(14)18-15-8-6-9-16(13-15)20-12-11-19(2)3/h6,8-9,13-14,17-18H,4-5,7,10-12H2,1-3H3. The molecule has 3 nitrogen and oxygen atoms in total. The van der Waals surface area contributed by atoms with Gasteiger partial charge in [0, 0.05) is 24.3 Å². The molecule has 2 rings (SSSR count). The molecule has 0 aliphatic heterocycles. The van der Waals surface area contributed by atoms with Gasteiger partial charge in [0.2, 0.25) is 0 Å². The van der Waals surface area contributed by atoms with Crippen molar-refractivity contribution >= 4 is 5.69 Å². The van der Waals surface area contributed by atoms with E-state index in [4.69, 9.17) is 4.74 Å². The van der Waals surface area contributed by atoms with E-state index in [1.807, 2.05) is 6.07 Å². The van der Waals surface area contributed by atoms with Gasteiger partial charge in [0.15, 0.2) is 0 Å². The second-order valence-corrected chi connectivity index (χ2v) is 6.19. The predicted molar refractivity (Wildman–Crippen MR) is 85.5 cm³/mol. The van der Waals surface area contributed by atoms with Crippen LogP contribution in [0.3, 0.4) is 0 Å². The Morgan fingerprint density at radius 1 is 1.25 bits per heavy atom. The van der Waals surface area contributed by atoms with Crippen molar-refractivity contribution in [3.8, 4) is 5.75 Å². The van der Waals surface area contributed by atoms with Gasteiger partial charge in [0.05, 0.1) is 0 Å². The normalized spacial score (nSPS) is 22.8. The number of rotatable bonds is 6. The second kappa shape index (κ2) is 7.53. The highest BCUT2D eigenvalue weighted by atomic mass is 16.5. The third-order valence-corrected chi connectivity index (χ3v) is 4.10. The van der Waals surface area contributed by atoms with Gasteiger partial charge in [-0.1, -0.05) is 25.8 Å². The summed E-state index contributed by atoms with van der Waals surface area (Å²) in [5.74, 6) is 1.72. The predicted octanol–water partition coefficient (Wildman–Crippen LogP) is 3.62. The molecular formula is C17H28N2O. The zero-order valence-corrected chi connectivity index (χ0v) is 13.1. The molecule has 1 aromatic rings. The van der Waals surface area contributed by atoms with Crippen LogP contribution in [0.4, 0.5) is 5.69 Å². The van der Waals surface area contributed by atoms with E-state index in [9.17, 15) is 0 Å². The molecule has 0 bridgehead atoms. The fourth-order valence-electron chi connectivity index (χ4n) is 2.77. The van der Waals surface area contributed by atoms with Crippen molar-refractivity contribution < 1.29 is 4.74 Å². The number of nitrogens with zero attached hydrogens (tertiary/aromatic N) is 1. The highest BCUT2D eigenvalue weighted by Gasteiger charge is 2.20. The first-order valence-corrected chi connectivity index (χ1v) is 7.79. The Hall–Kier alpha value is -1.22. The monoisotopic (exact) mass is 276 g/mol. The largest absolute Gasteiger partial charge is 0.492 e. The topological polar surface area (TPSA) is 24.5 Å². The summed E-state index contributed by atoms with van der Waals surface area (Å²) in [7, 11) is 4.12. The maximum Gasteiger partial charge on any atom is 0.121 e. The molecule has 20 heavy (non-hydrogen) atoms. The van der Waals surface area contributed by atoms with E-state index >= 15 is 0 Å². The van der Waals surface area contributed by atoms with Crippen molar-refractivity contribution in [2.75, 3.05) is 32.6 Å². The second-order valence-electron chi connectivity index (χ2n) is 6.19. The molecule has 2 unspecified atom stereocenters. The summed E-state index contributed by atoms with van der Waals surface area (Å²) in [5, 5.41) is 3.68. The van der Waals surface area contributed by atoms with E-state index < -0.39 is 0 Å². The van der Waals surface area contributed by atoms with E-state index in [0.717, 1.165) is 24.8 Å². The van der Waals surface area contributed by atoms with Crippen molar-refractivity contribution in [3.63, 3.8) is 0 Å². The molecule has 0 aromatic heterocycles. The Morgan fingerprint density at radius 3 is 2.80 bits per heavy atom. The molecule has 1 saturated carbocycles. The molecule has 0 radical (unpaired) electrons. The van der Waals surface area contributed by atoms with Gasteiger partial charge in [-0.3, -0.25) is 0 Å². The highest BCUT2D eigenvalue weighted by Crippen LogP contribution is 2.27. The van der Waals surface area contributed by atoms with Crippen LogP contribution in [0, 0.1) is 5.92 Å². The summed E-state index contributed by atoms with van der Waals surface area (Å²) in [6, 6.07) is 8.98. The van der Waals surface area contributed by atoms with E-state index in [2.05, 4.69) is 49.4 Å². The zero-order valence-electron chi connectivity index (χ0n) is 13.1. The fourth-order valence-corrected chi connectivity index (χ4v) is 2.77. The van der Waals surface area contributed by atoms with Crippen molar-refractivity contribution in [3.05, 3.63) is 24.3 Å². The number of benzene rings is 1. The van der Waals surface area contributed by atoms with Gasteiger partial charge in [-0.2, -0.15) is 0 Å². The SMILES string of the molecule is CC1CCCCC1Nc1cccc(OCCN(C)C)c1. The van der Waals surface area contributed by atoms with Crippen molar-refractivity contribution in [1.82, 2.24) is 4.90 Å². The smallest absolute Gasteiger partial charge is 0.121 e. The number of anilines is 1. The molecule has 0 saturated heterocycles. The van der Waals surface area contributed by atoms with Crippen molar-refractivity contribution in [2.45, 2.75) is 38.6 Å². The van der Waals surface area contributed by atoms with Crippen molar-refractivity contribution in [1.29, 1.82) is 0 Å². The molecule has 1 aromatic carbocycles. The number of hydrogen-bond donors (Lipinski definition) is 1. The Bertz CT molecular complexity index is 406. The third-order valence-electron chi connectivity index (χ3n) is 4.10. The Morgan fingerprint density at radius 2 is 2.05 bits per heavy atom. The van der Waals surface area contributed by atoms with Gasteiger partial charge in [-0.05, 0) is 45.0 Å². The lowest BCUT2D eigenvalue weighted by Gasteiger charge is -2.30. The molecule has 1 aliphatic rings. The van der Waals surface area contributed by atoms with Crippen LogP contribution in [-0.4, -0.2) is 38.2 Å². The number of likely N-dealkylation sites (N-methyl/N-ethyl adjacent to an activating group) is 1. The molecule has 0 amide bonds. The summed E-state index contributed by atoms with van der Waals surface area (Å²) >= 11 is 0. The third kappa shape index (κ3) is 4.71. The van der Waals surface area contributed by atoms with Crippen molar-refractivity contribution in [2.24, 2.45) is 5.92 Å². The van der Waals surface area contributed by atoms with Gasteiger partial charge < -0.3 is 15.0 Å². The van der Waals surface area contributed by atoms with Gasteiger partial charge >= 0.3 is 0 Å². The highest BCUT2D eigenvalue weighted by molar-refractivity contribution is 5.49. The van der Waals surface area contributed by atoms with Crippen LogP contribution in [-0.2, 0) is 0 Å². The van der Waals surface area contributed by atoms with Crippen LogP contribution < -0.4 is 10.1 Å². The summed E-state index contributed by atoms with van der Waals surface area (Å²) in [5.41, 5.74) is 1.19. The minimum atomic E-state index is 0.612. The van der Waals surface area contributed by atoms with E-state index in [1.165, 1.54) is 31.4 Å². The molecule has 3 heteroatoms. The molecule has 0 spiro atoms. The number of nitrogens with one attached hydrogen (secondary N) is 1. The van der Waals surface area contributed by atoms with Crippen LogP contribution in [0.2, 0.25) is 0 Å². The Balaban J connectivity index is 1.88. The minimum Gasteiger partial charge on any atom is -0.492 e. The fraction of sp³-hybridized carbons (Fsp3) is 0.647. The molecule has 2 atom stereocenters. The lowest BCUT2D eigenvalue weighted by Crippen LogP contribution is -2.30. The lowest BCUT2D eigenvalue weighted by atomic mass is 9.86. The first-order chi connectivity index (χ1) is 9.65. The lowest BCUT2D eigenvalue weighted by molar-refractivity contribution is 0.261. The molecule has 0 heterocycles. The quantitative estimate of drug-likeness (QED) is 0.859. The summed E-state index contributed by atoms with van der Waals surface area (Å²) in [6.45, 7) is 4.03. The maximum absolute atomic E-state index is 5.79. The Kier molecular flexibility index (Phi) is 5.72. The minimum absolute atomic E-state index is 0.612. The molecule has 1 N–H and O–H groups in total. The average Bonchev–Trinajstić information content (AvgIpc) is 2.41. The van der Waals surface area contributed by atoms with E-state index in [1.54, 1.807) is 0 Å². The van der Waals surface area contributed by atoms with Crippen LogP contribution in [0.5, 0.6) is 5.75 Å². The van der Waals surface area contributed by atoms with Gasteiger partial charge in [0.25, 0.3) is 0 Å². The zero-order chi connectivity index (χ0) is 14.4. The van der Waals surface area contributed by atoms with Crippen LogP contribution >= 0.6 is 0 Å². The van der Waals surface area contributed by atoms with E-state index in [0.29, 0.717) is 6.04 Å². The number of hydrogen-bond acceptors (Lipinski definition) is 3. The summed E-state index contributed by atoms with van der Waals surface area (Å²) in [6.07, 6.45) is 5.36. The molecule has 1 aliphatic carbocycles. The molecule has 112 valence electrons. The first kappa shape index (κ1) is 15.2. The number of ether oxygens (including phenoxy) is 1. The molecular weight excluding hydrogens is 248 g/mol. The maximum atomic E-state index is 5.79. The Labute approximate surface area is 123 Å². The first-order valence-electron chi connectivity index (χ1n) is 7.79. The summed E-state index contributed by atoms with van der Waals surface area (Å²) < 4.78 is 5.79. The van der Waals surface area contributed by atoms with Gasteiger partial charge in [-0.15, -0.1) is 0 Å². The van der Waals surface area contributed by atoms with E-state index in [-0.39, 0.29) is 0 Å². The molecule has 1 fully saturated rings. The van der Waals surface area contributed by atoms with Gasteiger partial charge in [-0.25, -0.2) is 0 Å².